The number of fused-ring (bicyclic) bond motifs is 1. The highest BCUT2D eigenvalue weighted by atomic mass is 32.3. The lowest BCUT2D eigenvalue weighted by atomic mass is 10.1. The lowest BCUT2D eigenvalue weighted by Gasteiger charge is -2.41. The van der Waals surface area contributed by atoms with Crippen molar-refractivity contribution < 1.29 is 4.39 Å². The number of nitrogens with two attached hydrogens (primary N) is 1. The summed E-state index contributed by atoms with van der Waals surface area (Å²) < 4.78 is 14.4. The molecular weight excluding hydrogens is 415 g/mol. The van der Waals surface area contributed by atoms with Gasteiger partial charge in [-0.2, -0.15) is 14.6 Å². The predicted octanol–water partition coefficient (Wildman–Crippen LogP) is 2.16. The fourth-order valence-corrected chi connectivity index (χ4v) is 5.44. The van der Waals surface area contributed by atoms with E-state index in [4.69, 9.17) is 5.14 Å². The van der Waals surface area contributed by atoms with E-state index in [1.807, 2.05) is 12.3 Å². The first-order valence-corrected chi connectivity index (χ1v) is 12.7. The SMILES string of the molecule is CS1(N)CCN(c2cc(F)nc(N3CCc4nc(-c5ncccn5)ncc4C3)c2)CC1. The van der Waals surface area contributed by atoms with Crippen LogP contribution in [0.1, 0.15) is 11.3 Å². The molecule has 0 amide bonds. The molecule has 0 atom stereocenters. The van der Waals surface area contributed by atoms with Crippen LogP contribution in [-0.2, 0) is 13.0 Å². The molecule has 1 saturated heterocycles. The first kappa shape index (κ1) is 20.1. The minimum atomic E-state index is -1.01. The fourth-order valence-electron chi connectivity index (χ4n) is 3.96. The summed E-state index contributed by atoms with van der Waals surface area (Å²) in [5.74, 6) is 3.16. The highest BCUT2D eigenvalue weighted by molar-refractivity contribution is 8.31. The van der Waals surface area contributed by atoms with Gasteiger partial charge in [0, 0.05) is 86.1 Å². The summed E-state index contributed by atoms with van der Waals surface area (Å²) in [6.45, 7) is 3.00. The molecule has 0 unspecified atom stereocenters. The van der Waals surface area contributed by atoms with Crippen molar-refractivity contribution >= 4 is 21.7 Å². The van der Waals surface area contributed by atoms with E-state index in [1.165, 1.54) is 6.07 Å². The van der Waals surface area contributed by atoms with Crippen molar-refractivity contribution in [3.8, 4) is 11.6 Å². The maximum absolute atomic E-state index is 14.4. The Morgan fingerprint density at radius 2 is 1.74 bits per heavy atom. The summed E-state index contributed by atoms with van der Waals surface area (Å²) in [4.78, 5) is 26.0. The molecule has 0 aliphatic carbocycles. The van der Waals surface area contributed by atoms with Crippen molar-refractivity contribution in [1.29, 1.82) is 0 Å². The maximum Gasteiger partial charge on any atom is 0.216 e. The molecule has 5 heterocycles. The van der Waals surface area contributed by atoms with Crippen LogP contribution in [-0.4, -0.2) is 62.3 Å². The minimum absolute atomic E-state index is 0.459. The zero-order valence-electron chi connectivity index (χ0n) is 17.4. The predicted molar refractivity (Wildman–Crippen MR) is 122 cm³/mol. The molecule has 0 spiro atoms. The van der Waals surface area contributed by atoms with E-state index in [0.717, 1.165) is 48.0 Å². The van der Waals surface area contributed by atoms with Crippen LogP contribution in [0.25, 0.3) is 11.6 Å². The zero-order chi connectivity index (χ0) is 21.4. The second-order valence-electron chi connectivity index (χ2n) is 8.16. The standard InChI is InChI=1S/C21H25FN8S/c1-31(23)9-7-29(8-10-31)16-11-18(22)28-19(12-16)30-6-3-17-15(14-30)13-26-21(27-17)20-24-4-2-5-25-20/h2,4-5,11-13H,3,6-10,14,23H2,1H3. The lowest BCUT2D eigenvalue weighted by Crippen LogP contribution is -2.41. The van der Waals surface area contributed by atoms with Gasteiger partial charge in [0.1, 0.15) is 5.82 Å². The molecule has 0 aromatic carbocycles. The molecule has 2 aliphatic rings. The number of halogens is 1. The molecular formula is C21H25FN8S. The van der Waals surface area contributed by atoms with Crippen molar-refractivity contribution in [3.63, 3.8) is 0 Å². The topological polar surface area (TPSA) is 97.0 Å². The van der Waals surface area contributed by atoms with Gasteiger partial charge in [0.2, 0.25) is 5.95 Å². The smallest absolute Gasteiger partial charge is 0.216 e. The van der Waals surface area contributed by atoms with E-state index in [1.54, 1.807) is 18.5 Å². The average Bonchev–Trinajstić information content (AvgIpc) is 2.78. The molecule has 2 N–H and O–H groups in total. The molecule has 5 rings (SSSR count). The third-order valence-corrected chi connectivity index (χ3v) is 8.04. The summed E-state index contributed by atoms with van der Waals surface area (Å²) in [7, 11) is -1.01. The van der Waals surface area contributed by atoms with Crippen molar-refractivity contribution in [1.82, 2.24) is 24.9 Å². The number of hydrogen-bond donors (Lipinski definition) is 1. The van der Waals surface area contributed by atoms with Gasteiger partial charge < -0.3 is 9.80 Å². The number of nitrogens with zero attached hydrogens (tertiary/aromatic N) is 7. The Balaban J connectivity index is 1.36. The molecule has 8 nitrogen and oxygen atoms in total. The lowest BCUT2D eigenvalue weighted by molar-refractivity contribution is 0.577. The molecule has 10 heteroatoms. The van der Waals surface area contributed by atoms with Crippen molar-refractivity contribution in [2.75, 3.05) is 47.2 Å². The average molecular weight is 441 g/mol. The van der Waals surface area contributed by atoms with Crippen LogP contribution >= 0.6 is 10.2 Å². The monoisotopic (exact) mass is 440 g/mol. The fraction of sp³-hybridized carbons (Fsp3) is 0.381. The Morgan fingerprint density at radius 3 is 2.52 bits per heavy atom. The van der Waals surface area contributed by atoms with E-state index in [9.17, 15) is 4.39 Å². The van der Waals surface area contributed by atoms with Crippen molar-refractivity contribution in [2.24, 2.45) is 5.14 Å². The van der Waals surface area contributed by atoms with Gasteiger partial charge in [-0.05, 0) is 12.3 Å². The van der Waals surface area contributed by atoms with Crippen LogP contribution < -0.4 is 14.9 Å². The summed E-state index contributed by atoms with van der Waals surface area (Å²) in [5.41, 5.74) is 2.86. The highest BCUT2D eigenvalue weighted by Crippen LogP contribution is 2.38. The quantitative estimate of drug-likeness (QED) is 0.619. The van der Waals surface area contributed by atoms with Crippen LogP contribution in [0.3, 0.4) is 0 Å². The zero-order valence-corrected chi connectivity index (χ0v) is 18.2. The number of rotatable bonds is 3. The van der Waals surface area contributed by atoms with Gasteiger partial charge in [0.05, 0.1) is 5.69 Å². The van der Waals surface area contributed by atoms with Gasteiger partial charge in [-0.25, -0.2) is 24.9 Å². The Kier molecular flexibility index (Phi) is 5.19. The van der Waals surface area contributed by atoms with Crippen LogP contribution in [0.4, 0.5) is 15.9 Å². The second kappa shape index (κ2) is 8.01. The summed E-state index contributed by atoms with van der Waals surface area (Å²) in [5, 5.41) is 6.33. The first-order chi connectivity index (χ1) is 15.0. The molecule has 0 saturated carbocycles. The summed E-state index contributed by atoms with van der Waals surface area (Å²) >= 11 is 0. The van der Waals surface area contributed by atoms with Crippen LogP contribution in [0.15, 0.2) is 36.8 Å². The molecule has 0 radical (unpaired) electrons. The Bertz CT molecular complexity index is 1080. The summed E-state index contributed by atoms with van der Waals surface area (Å²) in [6.07, 6.45) is 8.06. The minimum Gasteiger partial charge on any atom is -0.370 e. The molecule has 0 bridgehead atoms. The Morgan fingerprint density at radius 1 is 0.968 bits per heavy atom. The van der Waals surface area contributed by atoms with E-state index < -0.39 is 16.2 Å². The van der Waals surface area contributed by atoms with E-state index in [0.29, 0.717) is 30.6 Å². The van der Waals surface area contributed by atoms with Crippen LogP contribution in [0, 0.1) is 5.95 Å². The molecule has 3 aromatic heterocycles. The van der Waals surface area contributed by atoms with Gasteiger partial charge in [-0.15, -0.1) is 0 Å². The Hall–Kier alpha value is -2.85. The second-order valence-corrected chi connectivity index (χ2v) is 11.7. The molecule has 2 aliphatic heterocycles. The highest BCUT2D eigenvalue weighted by Gasteiger charge is 2.25. The largest absolute Gasteiger partial charge is 0.370 e. The Labute approximate surface area is 182 Å². The van der Waals surface area contributed by atoms with Gasteiger partial charge in [0.25, 0.3) is 0 Å². The van der Waals surface area contributed by atoms with Gasteiger partial charge in [-0.3, -0.25) is 5.14 Å². The number of hydrogen-bond acceptors (Lipinski definition) is 8. The van der Waals surface area contributed by atoms with Gasteiger partial charge in [0.15, 0.2) is 11.6 Å². The molecule has 1 fully saturated rings. The molecule has 31 heavy (non-hydrogen) atoms. The van der Waals surface area contributed by atoms with E-state index in [2.05, 4.69) is 41.0 Å². The van der Waals surface area contributed by atoms with E-state index >= 15 is 0 Å². The third-order valence-electron chi connectivity index (χ3n) is 5.81. The van der Waals surface area contributed by atoms with Crippen molar-refractivity contribution in [2.45, 2.75) is 13.0 Å². The third kappa shape index (κ3) is 4.31. The van der Waals surface area contributed by atoms with Crippen LogP contribution in [0.2, 0.25) is 0 Å². The first-order valence-electron chi connectivity index (χ1n) is 10.3. The number of anilines is 2. The normalized spacial score (nSPS) is 19.1. The molecule has 3 aromatic rings. The van der Waals surface area contributed by atoms with Crippen molar-refractivity contribution in [3.05, 3.63) is 54.0 Å². The van der Waals surface area contributed by atoms with E-state index in [-0.39, 0.29) is 0 Å². The number of aromatic nitrogens is 5. The maximum atomic E-state index is 14.4. The summed E-state index contributed by atoms with van der Waals surface area (Å²) in [6, 6.07) is 5.26. The van der Waals surface area contributed by atoms with Crippen LogP contribution in [0.5, 0.6) is 0 Å². The van der Waals surface area contributed by atoms with Gasteiger partial charge in [-0.1, -0.05) is 0 Å². The number of pyridine rings is 1. The van der Waals surface area contributed by atoms with Gasteiger partial charge >= 0.3 is 0 Å². The molecule has 162 valence electrons.